The molecule has 0 fully saturated rings. The zero-order valence-electron chi connectivity index (χ0n) is 22.4. The van der Waals surface area contributed by atoms with Gasteiger partial charge in [-0.05, 0) is 37.8 Å². The van der Waals surface area contributed by atoms with Crippen molar-refractivity contribution >= 4 is 28.3 Å². The number of aromatic nitrogens is 5. The molecule has 0 aliphatic rings. The molecule has 0 saturated carbocycles. The lowest BCUT2D eigenvalue weighted by Crippen LogP contribution is -2.25. The third-order valence-corrected chi connectivity index (χ3v) is 5.82. The summed E-state index contributed by atoms with van der Waals surface area (Å²) >= 11 is 0. The summed E-state index contributed by atoms with van der Waals surface area (Å²) in [7, 11) is 3.53. The number of aryl methyl sites for hydroxylation is 3. The number of nitrogens with two attached hydrogens (primary N) is 2. The number of primary amides is 1. The first-order chi connectivity index (χ1) is 18.1. The molecule has 4 aromatic rings. The molecule has 0 saturated heterocycles. The normalized spacial score (nSPS) is 10.5. The summed E-state index contributed by atoms with van der Waals surface area (Å²) in [6, 6.07) is 8.07. The lowest BCUT2D eigenvalue weighted by Gasteiger charge is -2.17. The second-order valence-corrected chi connectivity index (χ2v) is 8.95. The maximum atomic E-state index is 13.1. The third-order valence-electron chi connectivity index (χ3n) is 5.82. The van der Waals surface area contributed by atoms with Gasteiger partial charge in [-0.3, -0.25) is 19.0 Å². The number of rotatable bonds is 6. The van der Waals surface area contributed by atoms with Crippen molar-refractivity contribution in [3.05, 3.63) is 82.1 Å². The van der Waals surface area contributed by atoms with Crippen molar-refractivity contribution in [3.63, 3.8) is 0 Å². The van der Waals surface area contributed by atoms with Crippen molar-refractivity contribution in [2.75, 3.05) is 17.6 Å². The molecule has 10 heteroatoms. The van der Waals surface area contributed by atoms with E-state index in [2.05, 4.69) is 46.9 Å². The molecule has 38 heavy (non-hydrogen) atoms. The Morgan fingerprint density at radius 2 is 2.00 bits per heavy atom. The molecule has 0 spiro atoms. The highest BCUT2D eigenvalue weighted by Crippen LogP contribution is 2.20. The number of carbonyl (C=O) groups is 1. The van der Waals surface area contributed by atoms with Crippen molar-refractivity contribution in [2.24, 2.45) is 19.8 Å². The number of nitrogen functional groups attached to an aromatic ring is 1. The number of anilines is 2. The van der Waals surface area contributed by atoms with E-state index in [1.807, 2.05) is 49.9 Å². The number of nitrogens with zero attached hydrogens (tertiary/aromatic N) is 5. The standard InChI is InChI=1S/C20H21N3O.C8H13N5O/c1-5-18-11-17-8-6-7-16(10-9-15-12-21-22(4)13-15)19(17)20(24)23(18)14(2)3;1-3-4-11-8-5(7(10)14)6(9)12-13(8)2/h6-8,11-14H,5H2,1-4H3;3,11H,1,4H2,2H3,(H2,9,12)(H2,10,14). The lowest BCUT2D eigenvalue weighted by atomic mass is 10.0. The first-order valence-corrected chi connectivity index (χ1v) is 12.2. The molecule has 0 unspecified atom stereocenters. The van der Waals surface area contributed by atoms with Crippen LogP contribution in [0.3, 0.4) is 0 Å². The van der Waals surface area contributed by atoms with Crippen molar-refractivity contribution in [1.82, 2.24) is 24.1 Å². The van der Waals surface area contributed by atoms with Crippen LogP contribution in [-0.2, 0) is 20.5 Å². The molecule has 4 rings (SSSR count). The second kappa shape index (κ2) is 12.0. The molecule has 5 N–H and O–H groups in total. The highest BCUT2D eigenvalue weighted by atomic mass is 16.1. The first kappa shape index (κ1) is 27.8. The minimum Gasteiger partial charge on any atom is -0.381 e. The molecule has 3 aromatic heterocycles. The number of amides is 1. The van der Waals surface area contributed by atoms with E-state index in [1.54, 1.807) is 24.0 Å². The van der Waals surface area contributed by atoms with Crippen LogP contribution >= 0.6 is 0 Å². The van der Waals surface area contributed by atoms with Gasteiger partial charge in [0.25, 0.3) is 11.5 Å². The zero-order chi connectivity index (χ0) is 28.0. The highest BCUT2D eigenvalue weighted by Gasteiger charge is 2.18. The monoisotopic (exact) mass is 514 g/mol. The summed E-state index contributed by atoms with van der Waals surface area (Å²) in [5, 5.41) is 12.6. The maximum absolute atomic E-state index is 13.1. The van der Waals surface area contributed by atoms with Gasteiger partial charge in [0.1, 0.15) is 11.4 Å². The summed E-state index contributed by atoms with van der Waals surface area (Å²) in [5.41, 5.74) is 13.6. The minimum atomic E-state index is -0.595. The molecule has 0 atom stereocenters. The van der Waals surface area contributed by atoms with Gasteiger partial charge < -0.3 is 21.4 Å². The van der Waals surface area contributed by atoms with E-state index in [4.69, 9.17) is 11.5 Å². The van der Waals surface area contributed by atoms with Crippen LogP contribution in [0.4, 0.5) is 11.6 Å². The Hall–Kier alpha value is -4.78. The molecule has 198 valence electrons. The predicted molar refractivity (Wildman–Crippen MR) is 152 cm³/mol. The van der Waals surface area contributed by atoms with Crippen molar-refractivity contribution in [1.29, 1.82) is 0 Å². The average molecular weight is 515 g/mol. The summed E-state index contributed by atoms with van der Waals surface area (Å²) in [5.74, 6) is 6.29. The topological polar surface area (TPSA) is 139 Å². The van der Waals surface area contributed by atoms with Crippen LogP contribution in [0.15, 0.2) is 54.1 Å². The third kappa shape index (κ3) is 5.95. The number of benzene rings is 1. The fraction of sp³-hybridized carbons (Fsp3) is 0.286. The molecule has 10 nitrogen and oxygen atoms in total. The zero-order valence-corrected chi connectivity index (χ0v) is 22.4. The number of pyridine rings is 1. The number of fused-ring (bicyclic) bond motifs is 1. The maximum Gasteiger partial charge on any atom is 0.260 e. The van der Waals surface area contributed by atoms with E-state index in [0.717, 1.165) is 28.6 Å². The van der Waals surface area contributed by atoms with E-state index < -0.39 is 5.91 Å². The van der Waals surface area contributed by atoms with Gasteiger partial charge in [-0.15, -0.1) is 6.58 Å². The Morgan fingerprint density at radius 3 is 2.58 bits per heavy atom. The first-order valence-electron chi connectivity index (χ1n) is 12.2. The van der Waals surface area contributed by atoms with E-state index in [9.17, 15) is 9.59 Å². The van der Waals surface area contributed by atoms with Gasteiger partial charge in [-0.25, -0.2) is 0 Å². The summed E-state index contributed by atoms with van der Waals surface area (Å²) < 4.78 is 5.06. The molecule has 0 radical (unpaired) electrons. The van der Waals surface area contributed by atoms with Gasteiger partial charge in [0.2, 0.25) is 0 Å². The van der Waals surface area contributed by atoms with Crippen LogP contribution in [0.5, 0.6) is 0 Å². The van der Waals surface area contributed by atoms with Gasteiger partial charge in [-0.1, -0.05) is 37.0 Å². The van der Waals surface area contributed by atoms with Crippen molar-refractivity contribution in [3.8, 4) is 11.8 Å². The fourth-order valence-corrected chi connectivity index (χ4v) is 4.16. The van der Waals surface area contributed by atoms with Gasteiger partial charge in [0.15, 0.2) is 5.82 Å². The molecule has 1 aromatic carbocycles. The van der Waals surface area contributed by atoms with Crippen molar-refractivity contribution in [2.45, 2.75) is 33.2 Å². The minimum absolute atomic E-state index is 0.0374. The lowest BCUT2D eigenvalue weighted by molar-refractivity contribution is 0.100. The van der Waals surface area contributed by atoms with Gasteiger partial charge in [0, 0.05) is 44.1 Å². The van der Waals surface area contributed by atoms with Crippen LogP contribution < -0.4 is 22.3 Å². The Bertz CT molecular complexity index is 1590. The van der Waals surface area contributed by atoms with Crippen LogP contribution in [0.25, 0.3) is 10.8 Å². The molecule has 0 bridgehead atoms. The summed E-state index contributed by atoms with van der Waals surface area (Å²) in [6.45, 7) is 10.2. The van der Waals surface area contributed by atoms with E-state index in [-0.39, 0.29) is 23.0 Å². The van der Waals surface area contributed by atoms with E-state index >= 15 is 0 Å². The Balaban J connectivity index is 0.000000244. The van der Waals surface area contributed by atoms with Crippen LogP contribution in [0.2, 0.25) is 0 Å². The number of hydrogen-bond acceptors (Lipinski definition) is 6. The van der Waals surface area contributed by atoms with Gasteiger partial charge in [-0.2, -0.15) is 10.2 Å². The molecular formula is C28H34N8O2. The largest absolute Gasteiger partial charge is 0.381 e. The molecule has 0 aliphatic heterocycles. The fourth-order valence-electron chi connectivity index (χ4n) is 4.16. The Morgan fingerprint density at radius 1 is 1.26 bits per heavy atom. The van der Waals surface area contributed by atoms with Crippen LogP contribution in [0.1, 0.15) is 54.0 Å². The average Bonchev–Trinajstić information content (AvgIpc) is 3.41. The second-order valence-electron chi connectivity index (χ2n) is 8.95. The van der Waals surface area contributed by atoms with Gasteiger partial charge >= 0.3 is 0 Å². The van der Waals surface area contributed by atoms with Gasteiger partial charge in [0.05, 0.1) is 17.1 Å². The Labute approximate surface area is 221 Å². The van der Waals surface area contributed by atoms with Crippen LogP contribution in [-0.4, -0.2) is 36.6 Å². The smallest absolute Gasteiger partial charge is 0.260 e. The quantitative estimate of drug-likeness (QED) is 0.267. The number of hydrogen-bond donors (Lipinski definition) is 3. The Kier molecular flexibility index (Phi) is 8.76. The summed E-state index contributed by atoms with van der Waals surface area (Å²) in [4.78, 5) is 24.1. The molecule has 0 aliphatic carbocycles. The molecular weight excluding hydrogens is 480 g/mol. The SMILES string of the molecule is C=CCNc1c(C(N)=O)c(N)nn1C.CCc1cc2cccc(C#Cc3cnn(C)c3)c2c(=O)n1C(C)C. The predicted octanol–water partition coefficient (Wildman–Crippen LogP) is 2.98. The van der Waals surface area contributed by atoms with E-state index in [1.165, 1.54) is 4.68 Å². The van der Waals surface area contributed by atoms with Crippen molar-refractivity contribution < 1.29 is 4.79 Å². The number of nitrogens with one attached hydrogen (secondary N) is 1. The number of carbonyl (C=O) groups excluding carboxylic acids is 1. The highest BCUT2D eigenvalue weighted by molar-refractivity contribution is 6.02. The van der Waals surface area contributed by atoms with Crippen LogP contribution in [0, 0.1) is 11.8 Å². The molecule has 1 amide bonds. The summed E-state index contributed by atoms with van der Waals surface area (Å²) in [6.07, 6.45) is 6.07. The van der Waals surface area contributed by atoms with E-state index in [0.29, 0.717) is 17.7 Å². The molecule has 3 heterocycles.